The molecule has 1 aromatic rings. The van der Waals surface area contributed by atoms with E-state index in [4.69, 9.17) is 16.3 Å². The second-order valence-electron chi connectivity index (χ2n) is 6.24. The highest BCUT2D eigenvalue weighted by Gasteiger charge is 2.24. The summed E-state index contributed by atoms with van der Waals surface area (Å²) < 4.78 is 6.94. The minimum Gasteiger partial charge on any atom is -0.493 e. The van der Waals surface area contributed by atoms with E-state index in [1.165, 1.54) is 36.8 Å². The van der Waals surface area contributed by atoms with Gasteiger partial charge in [-0.2, -0.15) is 0 Å². The molecule has 4 heteroatoms. The Balaban J connectivity index is 1.58. The Hall–Kier alpha value is -0.250. The van der Waals surface area contributed by atoms with Gasteiger partial charge in [0.1, 0.15) is 5.75 Å². The van der Waals surface area contributed by atoms with Crippen molar-refractivity contribution in [3.63, 3.8) is 0 Å². The zero-order valence-corrected chi connectivity index (χ0v) is 14.7. The van der Waals surface area contributed by atoms with Crippen LogP contribution in [0.25, 0.3) is 0 Å². The van der Waals surface area contributed by atoms with Gasteiger partial charge >= 0.3 is 0 Å². The largest absolute Gasteiger partial charge is 0.493 e. The first-order valence-electron chi connectivity index (χ1n) is 7.98. The molecule has 2 unspecified atom stereocenters. The number of hydrogen-bond acceptors (Lipinski definition) is 2. The quantitative estimate of drug-likeness (QED) is 0.767. The maximum Gasteiger partial charge on any atom is 0.127 e. The molecule has 0 spiro atoms. The SMILES string of the molecule is ClCC1CCCCC1CNCc1cc(Br)cc2c1OCC2. The van der Waals surface area contributed by atoms with Crippen molar-refractivity contribution in [2.75, 3.05) is 19.0 Å². The van der Waals surface area contributed by atoms with Gasteiger partial charge in [-0.05, 0) is 48.9 Å². The van der Waals surface area contributed by atoms with Crippen LogP contribution in [0.3, 0.4) is 0 Å². The molecule has 1 aliphatic heterocycles. The molecular weight excluding hydrogens is 350 g/mol. The van der Waals surface area contributed by atoms with Gasteiger partial charge in [-0.3, -0.25) is 0 Å². The van der Waals surface area contributed by atoms with Gasteiger partial charge in [0.05, 0.1) is 6.61 Å². The van der Waals surface area contributed by atoms with Crippen molar-refractivity contribution in [2.24, 2.45) is 11.8 Å². The third kappa shape index (κ3) is 3.75. The molecule has 2 nitrogen and oxygen atoms in total. The summed E-state index contributed by atoms with van der Waals surface area (Å²) in [7, 11) is 0. The summed E-state index contributed by atoms with van der Waals surface area (Å²) in [5.74, 6) is 3.33. The van der Waals surface area contributed by atoms with Crippen molar-refractivity contribution in [3.8, 4) is 5.75 Å². The van der Waals surface area contributed by atoms with Crippen LogP contribution in [-0.2, 0) is 13.0 Å². The Morgan fingerprint density at radius 3 is 2.86 bits per heavy atom. The predicted octanol–water partition coefficient (Wildman–Crippen LogP) is 4.52. The first-order valence-corrected chi connectivity index (χ1v) is 9.31. The van der Waals surface area contributed by atoms with Crippen molar-refractivity contribution < 1.29 is 4.74 Å². The van der Waals surface area contributed by atoms with Crippen LogP contribution in [0, 0.1) is 11.8 Å². The standard InChI is InChI=1S/C17H23BrClNO/c18-16-7-12-5-6-21-17(12)15(8-16)11-20-10-14-4-2-1-3-13(14)9-19/h7-8,13-14,20H,1-6,9-11H2. The molecule has 3 rings (SSSR count). The van der Waals surface area contributed by atoms with Gasteiger partial charge in [0, 0.05) is 28.9 Å². The fourth-order valence-electron chi connectivity index (χ4n) is 3.63. The number of ether oxygens (including phenoxy) is 1. The molecular formula is C17H23BrClNO. The number of benzene rings is 1. The molecule has 0 bridgehead atoms. The molecule has 2 aliphatic rings. The predicted molar refractivity (Wildman–Crippen MR) is 91.2 cm³/mol. The molecule has 1 aromatic carbocycles. The number of alkyl halides is 1. The van der Waals surface area contributed by atoms with Crippen molar-refractivity contribution in [1.29, 1.82) is 0 Å². The number of rotatable bonds is 5. The van der Waals surface area contributed by atoms with Crippen LogP contribution < -0.4 is 10.1 Å². The van der Waals surface area contributed by atoms with Gasteiger partial charge in [0.2, 0.25) is 0 Å². The maximum absolute atomic E-state index is 6.11. The summed E-state index contributed by atoms with van der Waals surface area (Å²) in [6.07, 6.45) is 6.34. The highest BCUT2D eigenvalue weighted by atomic mass is 79.9. The van der Waals surface area contributed by atoms with Crippen LogP contribution in [0.15, 0.2) is 16.6 Å². The van der Waals surface area contributed by atoms with Crippen molar-refractivity contribution in [1.82, 2.24) is 5.32 Å². The molecule has 0 aromatic heterocycles. The normalized spacial score (nSPS) is 24.7. The summed E-state index contributed by atoms with van der Waals surface area (Å²) >= 11 is 9.72. The minimum atomic E-state index is 0.692. The molecule has 0 saturated heterocycles. The van der Waals surface area contributed by atoms with Crippen molar-refractivity contribution >= 4 is 27.5 Å². The Morgan fingerprint density at radius 2 is 2.05 bits per heavy atom. The fourth-order valence-corrected chi connectivity index (χ4v) is 4.58. The summed E-state index contributed by atoms with van der Waals surface area (Å²) in [6, 6.07) is 4.35. The smallest absolute Gasteiger partial charge is 0.127 e. The molecule has 1 saturated carbocycles. The van der Waals surface area contributed by atoms with Gasteiger partial charge < -0.3 is 10.1 Å². The summed E-state index contributed by atoms with van der Waals surface area (Å²) in [6.45, 7) is 2.77. The summed E-state index contributed by atoms with van der Waals surface area (Å²) in [4.78, 5) is 0. The van der Waals surface area contributed by atoms with Gasteiger partial charge in [-0.15, -0.1) is 11.6 Å². The second-order valence-corrected chi connectivity index (χ2v) is 7.47. The fraction of sp³-hybridized carbons (Fsp3) is 0.647. The number of nitrogens with one attached hydrogen (secondary N) is 1. The zero-order chi connectivity index (χ0) is 14.7. The van der Waals surface area contributed by atoms with Gasteiger partial charge in [0.15, 0.2) is 0 Å². The molecule has 0 radical (unpaired) electrons. The Kier molecular flexibility index (Phi) is 5.47. The lowest BCUT2D eigenvalue weighted by molar-refractivity contribution is 0.250. The maximum atomic E-state index is 6.11. The van der Waals surface area contributed by atoms with Crippen LogP contribution in [0.4, 0.5) is 0 Å². The molecule has 1 heterocycles. The molecule has 21 heavy (non-hydrogen) atoms. The molecule has 1 fully saturated rings. The molecule has 1 N–H and O–H groups in total. The lowest BCUT2D eigenvalue weighted by Crippen LogP contribution is -2.31. The van der Waals surface area contributed by atoms with E-state index >= 15 is 0 Å². The number of fused-ring (bicyclic) bond motifs is 1. The third-order valence-electron chi connectivity index (χ3n) is 4.81. The summed E-state index contributed by atoms with van der Waals surface area (Å²) in [5.41, 5.74) is 2.60. The molecule has 116 valence electrons. The van der Waals surface area contributed by atoms with Gasteiger partial charge in [-0.25, -0.2) is 0 Å². The Bertz CT molecular complexity index is 494. The average Bonchev–Trinajstić information content (AvgIpc) is 2.96. The third-order valence-corrected chi connectivity index (χ3v) is 5.67. The lowest BCUT2D eigenvalue weighted by Gasteiger charge is -2.30. The van der Waals surface area contributed by atoms with Crippen LogP contribution in [-0.4, -0.2) is 19.0 Å². The van der Waals surface area contributed by atoms with Crippen molar-refractivity contribution in [2.45, 2.75) is 38.6 Å². The topological polar surface area (TPSA) is 21.3 Å². The van der Waals surface area contributed by atoms with Gasteiger partial charge in [0.25, 0.3) is 0 Å². The summed E-state index contributed by atoms with van der Waals surface area (Å²) in [5, 5.41) is 3.63. The van der Waals surface area contributed by atoms with E-state index in [2.05, 4.69) is 33.4 Å². The first-order chi connectivity index (χ1) is 10.3. The Morgan fingerprint density at radius 1 is 1.24 bits per heavy atom. The molecule has 0 amide bonds. The second kappa shape index (κ2) is 7.34. The van der Waals surface area contributed by atoms with Crippen LogP contribution >= 0.6 is 27.5 Å². The van der Waals surface area contributed by atoms with E-state index in [9.17, 15) is 0 Å². The zero-order valence-electron chi connectivity index (χ0n) is 12.3. The monoisotopic (exact) mass is 371 g/mol. The Labute approximate surface area is 140 Å². The van der Waals surface area contributed by atoms with Crippen LogP contribution in [0.1, 0.15) is 36.8 Å². The van der Waals surface area contributed by atoms with E-state index in [-0.39, 0.29) is 0 Å². The van der Waals surface area contributed by atoms with Crippen LogP contribution in [0.5, 0.6) is 5.75 Å². The first kappa shape index (κ1) is 15.6. The lowest BCUT2D eigenvalue weighted by atomic mass is 9.80. The van der Waals surface area contributed by atoms with E-state index in [1.807, 2.05) is 0 Å². The van der Waals surface area contributed by atoms with E-state index in [0.717, 1.165) is 48.1 Å². The molecule has 1 aliphatic carbocycles. The average molecular weight is 373 g/mol. The van der Waals surface area contributed by atoms with Crippen molar-refractivity contribution in [3.05, 3.63) is 27.7 Å². The van der Waals surface area contributed by atoms with E-state index in [1.54, 1.807) is 0 Å². The minimum absolute atomic E-state index is 0.692. The van der Waals surface area contributed by atoms with Gasteiger partial charge in [-0.1, -0.05) is 28.8 Å². The van der Waals surface area contributed by atoms with E-state index < -0.39 is 0 Å². The number of halogens is 2. The number of hydrogen-bond donors (Lipinski definition) is 1. The molecule has 2 atom stereocenters. The van der Waals surface area contributed by atoms with Crippen LogP contribution in [0.2, 0.25) is 0 Å². The highest BCUT2D eigenvalue weighted by Crippen LogP contribution is 2.33. The van der Waals surface area contributed by atoms with E-state index in [0.29, 0.717) is 5.92 Å². The highest BCUT2D eigenvalue weighted by molar-refractivity contribution is 9.10.